The number of nitrogens with zero attached hydrogens (tertiary/aromatic N) is 1. The fraction of sp³-hybridized carbons (Fsp3) is 0.312. The normalized spacial score (nSPS) is 17.4. The lowest BCUT2D eigenvalue weighted by molar-refractivity contribution is -0.145. The van der Waals surface area contributed by atoms with Crippen molar-refractivity contribution in [1.29, 1.82) is 0 Å². The molecule has 1 amide bonds. The summed E-state index contributed by atoms with van der Waals surface area (Å²) in [5.74, 6) is -1.21. The number of aromatic hydroxyl groups is 1. The van der Waals surface area contributed by atoms with Crippen molar-refractivity contribution in [2.75, 3.05) is 7.11 Å². The number of benzene rings is 1. The molecule has 1 aromatic rings. The number of ether oxygens (including phenoxy) is 1. The minimum atomic E-state index is -1.07. The fourth-order valence-corrected chi connectivity index (χ4v) is 3.68. The third-order valence-corrected chi connectivity index (χ3v) is 4.81. The molecule has 0 bridgehead atoms. The third kappa shape index (κ3) is 3.70. The molecule has 0 aliphatic carbocycles. The van der Waals surface area contributed by atoms with Gasteiger partial charge in [-0.25, -0.2) is 4.79 Å². The molecule has 1 aromatic carbocycles. The van der Waals surface area contributed by atoms with E-state index < -0.39 is 17.9 Å². The molecule has 1 aliphatic rings. The minimum Gasteiger partial charge on any atom is -0.504 e. The number of rotatable bonds is 6. The van der Waals surface area contributed by atoms with Gasteiger partial charge in [-0.15, -0.1) is 0 Å². The monoisotopic (exact) mass is 367 g/mol. The average Bonchev–Trinajstić information content (AvgIpc) is 2.81. The van der Waals surface area contributed by atoms with E-state index in [2.05, 4.69) is 0 Å². The van der Waals surface area contributed by atoms with Gasteiger partial charge >= 0.3 is 5.97 Å². The summed E-state index contributed by atoms with van der Waals surface area (Å²) < 4.78 is 5.27. The number of carbonyl (C=O) groups excluding carboxylic acids is 1. The van der Waals surface area contributed by atoms with E-state index in [-0.39, 0.29) is 15.8 Å². The maximum Gasteiger partial charge on any atom is 0.326 e. The first-order valence-corrected chi connectivity index (χ1v) is 8.48. The van der Waals surface area contributed by atoms with Crippen LogP contribution in [0.4, 0.5) is 0 Å². The topological polar surface area (TPSA) is 87.1 Å². The number of phenolic OH excluding ortho intramolecular Hbond substituents is 1. The van der Waals surface area contributed by atoms with Gasteiger partial charge in [0.15, 0.2) is 11.5 Å². The Morgan fingerprint density at radius 3 is 2.79 bits per heavy atom. The van der Waals surface area contributed by atoms with E-state index in [1.165, 1.54) is 13.2 Å². The lowest BCUT2D eigenvalue weighted by Crippen LogP contribution is -2.43. The molecular formula is C16H17NO5S2. The van der Waals surface area contributed by atoms with Crippen molar-refractivity contribution < 1.29 is 24.5 Å². The molecule has 0 aromatic heterocycles. The number of aliphatic carboxylic acids is 1. The predicted molar refractivity (Wildman–Crippen MR) is 96.0 cm³/mol. The maximum absolute atomic E-state index is 12.6. The van der Waals surface area contributed by atoms with Crippen LogP contribution in [0.2, 0.25) is 0 Å². The van der Waals surface area contributed by atoms with Gasteiger partial charge in [0, 0.05) is 0 Å². The van der Waals surface area contributed by atoms with Gasteiger partial charge in [-0.3, -0.25) is 9.69 Å². The molecule has 0 unspecified atom stereocenters. The van der Waals surface area contributed by atoms with Gasteiger partial charge < -0.3 is 14.9 Å². The van der Waals surface area contributed by atoms with Crippen LogP contribution in [0.1, 0.15) is 25.3 Å². The van der Waals surface area contributed by atoms with Crippen LogP contribution in [0.3, 0.4) is 0 Å². The van der Waals surface area contributed by atoms with E-state index in [1.54, 1.807) is 18.2 Å². The molecule has 1 fully saturated rings. The van der Waals surface area contributed by atoms with Crippen LogP contribution in [0.15, 0.2) is 23.1 Å². The summed E-state index contributed by atoms with van der Waals surface area (Å²) >= 11 is 6.26. The molecule has 24 heavy (non-hydrogen) atoms. The first-order chi connectivity index (χ1) is 11.4. The van der Waals surface area contributed by atoms with Crippen LogP contribution in [0, 0.1) is 0 Å². The smallest absolute Gasteiger partial charge is 0.326 e. The van der Waals surface area contributed by atoms with E-state index in [1.807, 2.05) is 6.92 Å². The molecule has 2 N–H and O–H groups in total. The van der Waals surface area contributed by atoms with Crippen LogP contribution < -0.4 is 4.74 Å². The zero-order chi connectivity index (χ0) is 17.9. The number of amides is 1. The standard InChI is InChI=1S/C16H17NO5S2/c1-3-4-10(15(20)21)17-14(19)13(24-16(17)23)8-9-5-6-11(18)12(7-9)22-2/h5-8,10,18H,3-4H2,1-2H3,(H,20,21)/b13-8+/t10-/m1/s1. The number of carbonyl (C=O) groups is 2. The highest BCUT2D eigenvalue weighted by atomic mass is 32.2. The number of thiocarbonyl (C=S) groups is 1. The van der Waals surface area contributed by atoms with E-state index in [4.69, 9.17) is 17.0 Å². The van der Waals surface area contributed by atoms with Crippen molar-refractivity contribution in [3.63, 3.8) is 0 Å². The van der Waals surface area contributed by atoms with E-state index in [0.29, 0.717) is 23.3 Å². The Hall–Kier alpha value is -2.06. The second-order valence-corrected chi connectivity index (χ2v) is 6.80. The van der Waals surface area contributed by atoms with Crippen molar-refractivity contribution in [2.45, 2.75) is 25.8 Å². The van der Waals surface area contributed by atoms with Gasteiger partial charge in [-0.1, -0.05) is 43.4 Å². The van der Waals surface area contributed by atoms with Crippen LogP contribution in [0.5, 0.6) is 11.5 Å². The molecule has 8 heteroatoms. The van der Waals surface area contributed by atoms with E-state index in [9.17, 15) is 19.8 Å². The summed E-state index contributed by atoms with van der Waals surface area (Å²) in [4.78, 5) is 25.5. The molecule has 1 atom stereocenters. The highest BCUT2D eigenvalue weighted by Gasteiger charge is 2.39. The second-order valence-electron chi connectivity index (χ2n) is 5.13. The Morgan fingerprint density at radius 2 is 2.21 bits per heavy atom. The van der Waals surface area contributed by atoms with Crippen molar-refractivity contribution in [1.82, 2.24) is 4.90 Å². The van der Waals surface area contributed by atoms with Crippen LogP contribution in [0.25, 0.3) is 6.08 Å². The maximum atomic E-state index is 12.6. The lowest BCUT2D eigenvalue weighted by atomic mass is 10.1. The molecule has 0 saturated carbocycles. The second kappa shape index (κ2) is 7.67. The molecule has 1 aliphatic heterocycles. The molecule has 0 spiro atoms. The number of hydrogen-bond donors (Lipinski definition) is 2. The summed E-state index contributed by atoms with van der Waals surface area (Å²) in [6.45, 7) is 1.85. The van der Waals surface area contributed by atoms with Gasteiger partial charge in [-0.05, 0) is 30.2 Å². The zero-order valence-electron chi connectivity index (χ0n) is 13.2. The number of methoxy groups -OCH3 is 1. The summed E-state index contributed by atoms with van der Waals surface area (Å²) in [7, 11) is 1.43. The SMILES string of the molecule is CCC[C@H](C(=O)O)N1C(=O)/C(=C\c2ccc(O)c(OC)c2)SC1=S. The predicted octanol–water partition coefficient (Wildman–Crippen LogP) is 2.86. The third-order valence-electron chi connectivity index (χ3n) is 3.48. The first-order valence-electron chi connectivity index (χ1n) is 7.26. The molecule has 128 valence electrons. The molecule has 1 heterocycles. The Labute approximate surface area is 149 Å². The summed E-state index contributed by atoms with van der Waals surface area (Å²) in [5, 5.41) is 19.0. The van der Waals surface area contributed by atoms with Crippen LogP contribution >= 0.6 is 24.0 Å². The highest BCUT2D eigenvalue weighted by Crippen LogP contribution is 2.36. The number of hydrogen-bond acceptors (Lipinski definition) is 6. The summed E-state index contributed by atoms with van der Waals surface area (Å²) in [6.07, 6.45) is 2.57. The first kappa shape index (κ1) is 18.3. The van der Waals surface area contributed by atoms with Gasteiger partial charge in [0.25, 0.3) is 5.91 Å². The quantitative estimate of drug-likeness (QED) is 0.590. The van der Waals surface area contributed by atoms with Crippen molar-refractivity contribution in [2.24, 2.45) is 0 Å². The Morgan fingerprint density at radius 1 is 1.50 bits per heavy atom. The van der Waals surface area contributed by atoms with Crippen LogP contribution in [-0.2, 0) is 9.59 Å². The van der Waals surface area contributed by atoms with Gasteiger partial charge in [0.1, 0.15) is 10.4 Å². The molecule has 2 rings (SSSR count). The lowest BCUT2D eigenvalue weighted by Gasteiger charge is -2.22. The van der Waals surface area contributed by atoms with Gasteiger partial charge in [0.2, 0.25) is 0 Å². The summed E-state index contributed by atoms with van der Waals surface area (Å²) in [6, 6.07) is 3.72. The van der Waals surface area contributed by atoms with E-state index in [0.717, 1.165) is 16.7 Å². The van der Waals surface area contributed by atoms with Crippen molar-refractivity contribution in [3.8, 4) is 11.5 Å². The number of phenols is 1. The molecule has 1 saturated heterocycles. The Bertz CT molecular complexity index is 716. The zero-order valence-corrected chi connectivity index (χ0v) is 14.8. The largest absolute Gasteiger partial charge is 0.504 e. The Kier molecular flexibility index (Phi) is 5.84. The number of carboxylic acids is 1. The fourth-order valence-electron chi connectivity index (χ4n) is 2.32. The molecule has 0 radical (unpaired) electrons. The van der Waals surface area contributed by atoms with Crippen molar-refractivity contribution >= 4 is 46.3 Å². The van der Waals surface area contributed by atoms with Gasteiger partial charge in [-0.2, -0.15) is 0 Å². The average molecular weight is 367 g/mol. The number of carboxylic acid groups (broad SMARTS) is 1. The van der Waals surface area contributed by atoms with Crippen molar-refractivity contribution in [3.05, 3.63) is 28.7 Å². The highest BCUT2D eigenvalue weighted by molar-refractivity contribution is 8.26. The van der Waals surface area contributed by atoms with Gasteiger partial charge in [0.05, 0.1) is 12.0 Å². The van der Waals surface area contributed by atoms with E-state index >= 15 is 0 Å². The minimum absolute atomic E-state index is 0.00362. The number of thioether (sulfide) groups is 1. The Balaban J connectivity index is 2.32. The molecule has 6 nitrogen and oxygen atoms in total. The molecular weight excluding hydrogens is 350 g/mol. The summed E-state index contributed by atoms with van der Waals surface area (Å²) in [5.41, 5.74) is 0.646. The van der Waals surface area contributed by atoms with Crippen LogP contribution in [-0.4, -0.2) is 44.5 Å².